The van der Waals surface area contributed by atoms with Crippen molar-refractivity contribution in [1.82, 2.24) is 0 Å². The van der Waals surface area contributed by atoms with E-state index in [1.165, 1.54) is 0 Å². The Hall–Kier alpha value is -2.20. The fourth-order valence-corrected chi connectivity index (χ4v) is 2.28. The maximum absolute atomic E-state index is 12.2. The summed E-state index contributed by atoms with van der Waals surface area (Å²) >= 11 is 0. The molecule has 0 saturated carbocycles. The number of aliphatic hydroxyl groups excluding tert-OH is 1. The lowest BCUT2D eigenvalue weighted by atomic mass is 9.98. The molecule has 5 atom stereocenters. The Kier molecular flexibility index (Phi) is 7.31. The van der Waals surface area contributed by atoms with Crippen molar-refractivity contribution in [2.45, 2.75) is 71.4 Å². The Bertz CT molecular complexity index is 528. The van der Waals surface area contributed by atoms with Crippen LogP contribution < -0.4 is 0 Å². The van der Waals surface area contributed by atoms with Gasteiger partial charge in [0.15, 0.2) is 30.7 Å². The van der Waals surface area contributed by atoms with Crippen LogP contribution in [0.5, 0.6) is 0 Å². The molecule has 0 amide bonds. The minimum absolute atomic E-state index is 0.510. The first kappa shape index (κ1) is 20.8. The van der Waals surface area contributed by atoms with Crippen LogP contribution in [0.25, 0.3) is 0 Å². The summed E-state index contributed by atoms with van der Waals surface area (Å²) < 4.78 is 25.1. The Balaban J connectivity index is 3.22. The van der Waals surface area contributed by atoms with Gasteiger partial charge in [0.25, 0.3) is 0 Å². The van der Waals surface area contributed by atoms with Crippen LogP contribution in [0.1, 0.15) is 34.6 Å². The van der Waals surface area contributed by atoms with Crippen molar-refractivity contribution >= 4 is 23.9 Å². The second-order valence-electron chi connectivity index (χ2n) is 5.66. The van der Waals surface area contributed by atoms with Crippen LogP contribution in [-0.2, 0) is 42.9 Å². The van der Waals surface area contributed by atoms with E-state index in [1.807, 2.05) is 0 Å². The molecule has 1 rings (SSSR count). The SMILES string of the molecule is CC(=O)O[C@@H]1[C@@H](OC(C)=O)[C@H](O)O[C@H](C(=O)OC(C)C)[C@H]1OC(C)=O. The zero-order valence-electron chi connectivity index (χ0n) is 14.6. The van der Waals surface area contributed by atoms with Gasteiger partial charge in [0.05, 0.1) is 6.10 Å². The largest absolute Gasteiger partial charge is 0.461 e. The number of ether oxygens (including phenoxy) is 5. The molecular weight excluding hydrogens is 340 g/mol. The molecular formula is C15H22O10. The predicted molar refractivity (Wildman–Crippen MR) is 78.8 cm³/mol. The van der Waals surface area contributed by atoms with Crippen LogP contribution in [0, 0.1) is 0 Å². The van der Waals surface area contributed by atoms with Crippen LogP contribution in [0.2, 0.25) is 0 Å². The second kappa shape index (κ2) is 8.77. The van der Waals surface area contributed by atoms with Gasteiger partial charge in [0, 0.05) is 20.8 Å². The molecule has 0 unspecified atom stereocenters. The van der Waals surface area contributed by atoms with Crippen LogP contribution in [0.3, 0.4) is 0 Å². The molecule has 1 heterocycles. The highest BCUT2D eigenvalue weighted by Crippen LogP contribution is 2.28. The minimum atomic E-state index is -1.80. The fraction of sp³-hybridized carbons (Fsp3) is 0.733. The van der Waals surface area contributed by atoms with Crippen LogP contribution in [-0.4, -0.2) is 65.8 Å². The third-order valence-corrected chi connectivity index (χ3v) is 3.00. The maximum atomic E-state index is 12.2. The maximum Gasteiger partial charge on any atom is 0.339 e. The van der Waals surface area contributed by atoms with E-state index < -0.39 is 60.7 Å². The van der Waals surface area contributed by atoms with E-state index in [2.05, 4.69) is 0 Å². The molecule has 142 valence electrons. The first-order valence-corrected chi connectivity index (χ1v) is 7.58. The van der Waals surface area contributed by atoms with E-state index >= 15 is 0 Å². The first-order valence-electron chi connectivity index (χ1n) is 7.58. The van der Waals surface area contributed by atoms with Crippen molar-refractivity contribution in [3.63, 3.8) is 0 Å². The third-order valence-electron chi connectivity index (χ3n) is 3.00. The molecule has 0 aromatic rings. The normalized spacial score (nSPS) is 28.8. The average molecular weight is 362 g/mol. The van der Waals surface area contributed by atoms with Crippen LogP contribution in [0.4, 0.5) is 0 Å². The summed E-state index contributed by atoms with van der Waals surface area (Å²) in [4.78, 5) is 46.3. The summed E-state index contributed by atoms with van der Waals surface area (Å²) in [5.41, 5.74) is 0. The lowest BCUT2D eigenvalue weighted by Crippen LogP contribution is -2.63. The van der Waals surface area contributed by atoms with E-state index in [0.717, 1.165) is 20.8 Å². The summed E-state index contributed by atoms with van der Waals surface area (Å²) in [5.74, 6) is -3.33. The van der Waals surface area contributed by atoms with Gasteiger partial charge in [-0.1, -0.05) is 0 Å². The smallest absolute Gasteiger partial charge is 0.339 e. The van der Waals surface area contributed by atoms with E-state index in [-0.39, 0.29) is 0 Å². The van der Waals surface area contributed by atoms with Gasteiger partial charge >= 0.3 is 23.9 Å². The van der Waals surface area contributed by atoms with Crippen molar-refractivity contribution < 1.29 is 48.0 Å². The quantitative estimate of drug-likeness (QED) is 0.501. The topological polar surface area (TPSA) is 135 Å². The van der Waals surface area contributed by atoms with Crippen molar-refractivity contribution in [2.75, 3.05) is 0 Å². The number of carbonyl (C=O) groups is 4. The van der Waals surface area contributed by atoms with Gasteiger partial charge < -0.3 is 28.8 Å². The van der Waals surface area contributed by atoms with Gasteiger partial charge in [-0.15, -0.1) is 0 Å². The molecule has 0 aromatic carbocycles. The predicted octanol–water partition coefficient (Wildman–Crippen LogP) is -0.550. The van der Waals surface area contributed by atoms with Crippen LogP contribution >= 0.6 is 0 Å². The van der Waals surface area contributed by atoms with E-state index in [0.29, 0.717) is 0 Å². The second-order valence-corrected chi connectivity index (χ2v) is 5.66. The van der Waals surface area contributed by atoms with Crippen LogP contribution in [0.15, 0.2) is 0 Å². The molecule has 0 spiro atoms. The van der Waals surface area contributed by atoms with E-state index in [4.69, 9.17) is 23.7 Å². The standard InChI is InChI=1S/C15H22O10/c1-6(2)21-14(19)13-11(23-8(4)17)10(22-7(3)16)12(15(20)25-13)24-9(5)18/h6,10-13,15,20H,1-5H3/t10-,11-,12+,13-,15+/m0/s1. The van der Waals surface area contributed by atoms with Gasteiger partial charge in [-0.05, 0) is 13.8 Å². The van der Waals surface area contributed by atoms with Crippen molar-refractivity contribution in [1.29, 1.82) is 0 Å². The molecule has 1 N–H and O–H groups in total. The number of aliphatic hydroxyl groups is 1. The summed E-state index contributed by atoms with van der Waals surface area (Å²) in [5, 5.41) is 10.1. The van der Waals surface area contributed by atoms with Crippen molar-refractivity contribution in [3.05, 3.63) is 0 Å². The summed E-state index contributed by atoms with van der Waals surface area (Å²) in [6, 6.07) is 0. The third kappa shape index (κ3) is 5.98. The molecule has 0 aliphatic carbocycles. The Morgan fingerprint density at radius 1 is 0.840 bits per heavy atom. The molecule has 0 aromatic heterocycles. The van der Waals surface area contributed by atoms with Gasteiger partial charge in [-0.25, -0.2) is 4.79 Å². The highest BCUT2D eigenvalue weighted by atomic mass is 16.7. The van der Waals surface area contributed by atoms with E-state index in [1.54, 1.807) is 13.8 Å². The molecule has 25 heavy (non-hydrogen) atoms. The van der Waals surface area contributed by atoms with Gasteiger partial charge in [0.1, 0.15) is 0 Å². The molecule has 1 fully saturated rings. The molecule has 10 heteroatoms. The summed E-state index contributed by atoms with van der Waals surface area (Å²) in [6.45, 7) is 6.38. The minimum Gasteiger partial charge on any atom is -0.461 e. The molecule has 0 bridgehead atoms. The number of carbonyl (C=O) groups excluding carboxylic acids is 4. The number of rotatable bonds is 5. The number of hydrogen-bond donors (Lipinski definition) is 1. The van der Waals surface area contributed by atoms with Gasteiger partial charge in [-0.2, -0.15) is 0 Å². The summed E-state index contributed by atoms with van der Waals surface area (Å²) in [6.07, 6.45) is -8.31. The molecule has 1 aliphatic rings. The Labute approximate surface area is 144 Å². The highest BCUT2D eigenvalue weighted by Gasteiger charge is 2.54. The Morgan fingerprint density at radius 3 is 1.72 bits per heavy atom. The molecule has 10 nitrogen and oxygen atoms in total. The lowest BCUT2D eigenvalue weighted by molar-refractivity contribution is -0.290. The number of hydrogen-bond acceptors (Lipinski definition) is 10. The first-order chi connectivity index (χ1) is 11.5. The average Bonchev–Trinajstić information content (AvgIpc) is 2.43. The monoisotopic (exact) mass is 362 g/mol. The summed E-state index contributed by atoms with van der Waals surface area (Å²) in [7, 11) is 0. The van der Waals surface area contributed by atoms with Gasteiger partial charge in [0.2, 0.25) is 0 Å². The van der Waals surface area contributed by atoms with Crippen molar-refractivity contribution in [2.24, 2.45) is 0 Å². The Morgan fingerprint density at radius 2 is 1.28 bits per heavy atom. The van der Waals surface area contributed by atoms with E-state index in [9.17, 15) is 24.3 Å². The van der Waals surface area contributed by atoms with Crippen molar-refractivity contribution in [3.8, 4) is 0 Å². The van der Waals surface area contributed by atoms with Gasteiger partial charge in [-0.3, -0.25) is 14.4 Å². The lowest BCUT2D eigenvalue weighted by Gasteiger charge is -2.41. The zero-order valence-corrected chi connectivity index (χ0v) is 14.6. The molecule has 0 radical (unpaired) electrons. The molecule has 1 saturated heterocycles. The molecule has 1 aliphatic heterocycles. The fourth-order valence-electron chi connectivity index (χ4n) is 2.28. The number of esters is 4. The highest BCUT2D eigenvalue weighted by molar-refractivity contribution is 5.77. The zero-order chi connectivity index (χ0) is 19.3.